The molecule has 4 heteroatoms. The Kier molecular flexibility index (Phi) is 1.53. The second-order valence-electron chi connectivity index (χ2n) is 1.60. The number of furan rings is 1. The van der Waals surface area contributed by atoms with Gasteiger partial charge in [-0.1, -0.05) is 12.7 Å². The summed E-state index contributed by atoms with van der Waals surface area (Å²) in [5, 5.41) is 10.1. The Balaban J connectivity index is 3.13. The zero-order valence-electron chi connectivity index (χ0n) is 5.03. The van der Waals surface area contributed by atoms with Crippen LogP contribution in [0.2, 0.25) is 0 Å². The molecule has 0 saturated heterocycles. The van der Waals surface area contributed by atoms with Crippen molar-refractivity contribution in [2.75, 3.05) is 0 Å². The van der Waals surface area contributed by atoms with Crippen LogP contribution in [0.25, 0.3) is 6.08 Å². The van der Waals surface area contributed by atoms with Gasteiger partial charge in [0.2, 0.25) is 0 Å². The van der Waals surface area contributed by atoms with Crippen molar-refractivity contribution in [1.29, 1.82) is 0 Å². The van der Waals surface area contributed by atoms with Gasteiger partial charge in [0, 0.05) is 0 Å². The van der Waals surface area contributed by atoms with Crippen molar-refractivity contribution in [3.8, 4) is 0 Å². The van der Waals surface area contributed by atoms with Crippen molar-refractivity contribution in [2.45, 2.75) is 0 Å². The van der Waals surface area contributed by atoms with Gasteiger partial charge in [-0.25, -0.2) is 0 Å². The Hall–Kier alpha value is -1.58. The summed E-state index contributed by atoms with van der Waals surface area (Å²) in [6.07, 6.45) is 4.68. The Labute approximate surface area is 56.9 Å². The molecule has 1 aromatic rings. The summed E-state index contributed by atoms with van der Waals surface area (Å²) < 4.78 is 4.46. The lowest BCUT2D eigenvalue weighted by atomic mass is 10.3. The molecule has 1 aromatic heterocycles. The molecule has 0 aliphatic heterocycles. The van der Waals surface area contributed by atoms with Gasteiger partial charge >= 0.3 is 5.69 Å². The molecular formula is C6H4NO3. The molecule has 1 heterocycles. The van der Waals surface area contributed by atoms with E-state index < -0.39 is 4.92 Å². The average molecular weight is 138 g/mol. The van der Waals surface area contributed by atoms with Crippen LogP contribution in [-0.2, 0) is 0 Å². The fraction of sp³-hybridized carbons (Fsp3) is 0. The molecule has 0 N–H and O–H groups in total. The lowest BCUT2D eigenvalue weighted by Gasteiger charge is -1.82. The molecular weight excluding hydrogens is 134 g/mol. The van der Waals surface area contributed by atoms with E-state index >= 15 is 0 Å². The van der Waals surface area contributed by atoms with E-state index in [1.165, 1.54) is 12.3 Å². The largest absolute Gasteiger partial charge is 0.453 e. The Bertz CT molecular complexity index is 264. The van der Waals surface area contributed by atoms with E-state index in [0.29, 0.717) is 5.56 Å². The van der Waals surface area contributed by atoms with E-state index in [-0.39, 0.29) is 5.69 Å². The molecule has 10 heavy (non-hydrogen) atoms. The zero-order valence-corrected chi connectivity index (χ0v) is 5.03. The quantitative estimate of drug-likeness (QED) is 0.461. The maximum atomic E-state index is 10.1. The highest BCUT2D eigenvalue weighted by Crippen LogP contribution is 2.18. The zero-order chi connectivity index (χ0) is 7.56. The van der Waals surface area contributed by atoms with Crippen LogP contribution < -0.4 is 0 Å². The third-order valence-corrected chi connectivity index (χ3v) is 1.02. The first-order valence-electron chi connectivity index (χ1n) is 2.51. The molecule has 0 aliphatic rings. The van der Waals surface area contributed by atoms with E-state index in [9.17, 15) is 10.1 Å². The van der Waals surface area contributed by atoms with Crippen LogP contribution in [-0.4, -0.2) is 4.92 Å². The molecule has 0 bridgehead atoms. The number of hydrogen-bond acceptors (Lipinski definition) is 3. The molecule has 0 unspecified atom stereocenters. The SMILES string of the molecule is C=Cc1co[c]c1[N+](=O)[O-]. The van der Waals surface area contributed by atoms with Crippen molar-refractivity contribution in [1.82, 2.24) is 0 Å². The molecule has 0 atom stereocenters. The second kappa shape index (κ2) is 2.34. The standard InChI is InChI=1S/C6H4NO3/c1-2-5-3-10-4-6(5)7(8)9/h2-3H,1H2. The summed E-state index contributed by atoms with van der Waals surface area (Å²) in [6.45, 7) is 3.36. The van der Waals surface area contributed by atoms with Crippen LogP contribution in [0.1, 0.15) is 5.56 Å². The monoisotopic (exact) mass is 138 g/mol. The minimum atomic E-state index is -0.569. The highest BCUT2D eigenvalue weighted by Gasteiger charge is 2.13. The van der Waals surface area contributed by atoms with Crippen molar-refractivity contribution in [3.05, 3.63) is 34.8 Å². The normalized spacial score (nSPS) is 9.20. The summed E-state index contributed by atoms with van der Waals surface area (Å²) in [4.78, 5) is 9.54. The first-order chi connectivity index (χ1) is 4.75. The lowest BCUT2D eigenvalue weighted by Crippen LogP contribution is -1.86. The maximum absolute atomic E-state index is 10.1. The summed E-state index contributed by atoms with van der Waals surface area (Å²) >= 11 is 0. The fourth-order valence-corrected chi connectivity index (χ4v) is 0.551. The highest BCUT2D eigenvalue weighted by molar-refractivity contribution is 5.56. The van der Waals surface area contributed by atoms with Crippen molar-refractivity contribution >= 4 is 11.8 Å². The van der Waals surface area contributed by atoms with Gasteiger partial charge in [0.25, 0.3) is 6.26 Å². The smallest absolute Gasteiger partial charge is 0.326 e. The van der Waals surface area contributed by atoms with Crippen LogP contribution in [0.3, 0.4) is 0 Å². The van der Waals surface area contributed by atoms with Crippen LogP contribution in [0, 0.1) is 16.4 Å². The number of hydrogen-bond donors (Lipinski definition) is 0. The van der Waals surface area contributed by atoms with Gasteiger partial charge in [-0.15, -0.1) is 0 Å². The van der Waals surface area contributed by atoms with Crippen LogP contribution in [0.5, 0.6) is 0 Å². The minimum absolute atomic E-state index is 0.171. The van der Waals surface area contributed by atoms with Gasteiger partial charge in [-0.3, -0.25) is 10.1 Å². The molecule has 0 amide bonds. The van der Waals surface area contributed by atoms with Gasteiger partial charge < -0.3 is 4.42 Å². The first kappa shape index (κ1) is 6.54. The predicted octanol–water partition coefficient (Wildman–Crippen LogP) is 1.63. The molecule has 1 rings (SSSR count). The third kappa shape index (κ3) is 0.907. The summed E-state index contributed by atoms with van der Waals surface area (Å²) in [5.41, 5.74) is 0.181. The summed E-state index contributed by atoms with van der Waals surface area (Å²) in [7, 11) is 0. The van der Waals surface area contributed by atoms with Gasteiger partial charge in [0.05, 0.1) is 10.5 Å². The Morgan fingerprint density at radius 1 is 1.90 bits per heavy atom. The van der Waals surface area contributed by atoms with E-state index in [0.717, 1.165) is 0 Å². The molecule has 4 nitrogen and oxygen atoms in total. The van der Waals surface area contributed by atoms with Crippen molar-refractivity contribution in [2.24, 2.45) is 0 Å². The number of nitrogens with zero attached hydrogens (tertiary/aromatic N) is 1. The molecule has 0 spiro atoms. The van der Waals surface area contributed by atoms with E-state index in [2.05, 4.69) is 17.3 Å². The second-order valence-corrected chi connectivity index (χ2v) is 1.60. The van der Waals surface area contributed by atoms with Gasteiger partial charge in [-0.2, -0.15) is 0 Å². The van der Waals surface area contributed by atoms with Crippen molar-refractivity contribution in [3.63, 3.8) is 0 Å². The fourth-order valence-electron chi connectivity index (χ4n) is 0.551. The predicted molar refractivity (Wildman–Crippen MR) is 34.3 cm³/mol. The van der Waals surface area contributed by atoms with E-state index in [1.807, 2.05) is 0 Å². The molecule has 0 saturated carbocycles. The van der Waals surface area contributed by atoms with Gasteiger partial charge in [0.15, 0.2) is 0 Å². The van der Waals surface area contributed by atoms with Crippen LogP contribution in [0.4, 0.5) is 5.69 Å². The first-order valence-corrected chi connectivity index (χ1v) is 2.51. The summed E-state index contributed by atoms with van der Waals surface area (Å²) in [5.74, 6) is 0. The maximum Gasteiger partial charge on any atom is 0.326 e. The third-order valence-electron chi connectivity index (χ3n) is 1.02. The summed E-state index contributed by atoms with van der Waals surface area (Å²) in [6, 6.07) is 0. The molecule has 51 valence electrons. The lowest BCUT2D eigenvalue weighted by molar-refractivity contribution is -0.385. The molecule has 0 fully saturated rings. The Morgan fingerprint density at radius 2 is 2.60 bits per heavy atom. The van der Waals surface area contributed by atoms with Crippen molar-refractivity contribution < 1.29 is 9.34 Å². The topological polar surface area (TPSA) is 56.3 Å². The average Bonchev–Trinajstić information content (AvgIpc) is 2.33. The molecule has 0 aliphatic carbocycles. The van der Waals surface area contributed by atoms with E-state index in [4.69, 9.17) is 0 Å². The number of nitro groups is 1. The minimum Gasteiger partial charge on any atom is -0.453 e. The highest BCUT2D eigenvalue weighted by atomic mass is 16.6. The van der Waals surface area contributed by atoms with Crippen LogP contribution in [0.15, 0.2) is 17.3 Å². The Morgan fingerprint density at radius 3 is 3.00 bits per heavy atom. The van der Waals surface area contributed by atoms with E-state index in [1.54, 1.807) is 0 Å². The van der Waals surface area contributed by atoms with Crippen LogP contribution >= 0.6 is 0 Å². The van der Waals surface area contributed by atoms with Gasteiger partial charge in [-0.05, 0) is 0 Å². The number of rotatable bonds is 2. The van der Waals surface area contributed by atoms with Gasteiger partial charge in [0.1, 0.15) is 6.26 Å². The molecule has 1 radical (unpaired) electrons. The molecule has 0 aromatic carbocycles.